The number of phenolic OH excluding ortho intramolecular Hbond substituents is 1. The first-order chi connectivity index (χ1) is 9.06. The number of anilines is 1. The minimum atomic E-state index is 0.0518. The minimum absolute atomic E-state index is 0.0518. The summed E-state index contributed by atoms with van der Waals surface area (Å²) in [4.78, 5) is 4.31. The van der Waals surface area contributed by atoms with Crippen LogP contribution in [-0.4, -0.2) is 21.0 Å². The Hall–Kier alpha value is -1.69. The van der Waals surface area contributed by atoms with Crippen LogP contribution in [0.25, 0.3) is 11.5 Å². The summed E-state index contributed by atoms with van der Waals surface area (Å²) in [6, 6.07) is 4.83. The van der Waals surface area contributed by atoms with E-state index in [0.29, 0.717) is 28.9 Å². The number of phenols is 1. The van der Waals surface area contributed by atoms with Gasteiger partial charge >= 0.3 is 0 Å². The van der Waals surface area contributed by atoms with Crippen molar-refractivity contribution in [2.75, 3.05) is 11.5 Å². The lowest BCUT2D eigenvalue weighted by Gasteiger charge is -2.00. The van der Waals surface area contributed by atoms with Crippen molar-refractivity contribution in [2.24, 2.45) is 5.92 Å². The molecule has 6 heteroatoms. The van der Waals surface area contributed by atoms with Gasteiger partial charge in [-0.05, 0) is 29.9 Å². The van der Waals surface area contributed by atoms with E-state index in [-0.39, 0.29) is 5.75 Å². The van der Waals surface area contributed by atoms with Gasteiger partial charge in [0.1, 0.15) is 5.75 Å². The average Bonchev–Trinajstić information content (AvgIpc) is 2.81. The van der Waals surface area contributed by atoms with Gasteiger partial charge in [-0.2, -0.15) is 16.7 Å². The van der Waals surface area contributed by atoms with Crippen LogP contribution in [-0.2, 0) is 5.75 Å². The van der Waals surface area contributed by atoms with Crippen molar-refractivity contribution in [2.45, 2.75) is 19.6 Å². The summed E-state index contributed by atoms with van der Waals surface area (Å²) < 4.78 is 5.19. The summed E-state index contributed by atoms with van der Waals surface area (Å²) in [5, 5.41) is 13.3. The summed E-state index contributed by atoms with van der Waals surface area (Å²) in [5.41, 5.74) is 6.64. The Balaban J connectivity index is 2.05. The molecular formula is C13H17N3O2S. The molecule has 102 valence electrons. The van der Waals surface area contributed by atoms with Crippen LogP contribution in [0.2, 0.25) is 0 Å². The van der Waals surface area contributed by atoms with Gasteiger partial charge in [0.25, 0.3) is 5.89 Å². The molecule has 1 aromatic heterocycles. The van der Waals surface area contributed by atoms with E-state index >= 15 is 0 Å². The third-order valence-electron chi connectivity index (χ3n) is 2.42. The molecule has 0 aliphatic heterocycles. The first-order valence-electron chi connectivity index (χ1n) is 6.05. The van der Waals surface area contributed by atoms with Crippen LogP contribution < -0.4 is 5.73 Å². The van der Waals surface area contributed by atoms with Gasteiger partial charge in [-0.1, -0.05) is 19.0 Å². The Kier molecular flexibility index (Phi) is 4.31. The van der Waals surface area contributed by atoms with E-state index in [1.165, 1.54) is 6.07 Å². The van der Waals surface area contributed by atoms with E-state index in [9.17, 15) is 5.11 Å². The molecule has 3 N–H and O–H groups in total. The second-order valence-electron chi connectivity index (χ2n) is 4.70. The predicted octanol–water partition coefficient (Wildman–Crippen LogP) is 2.91. The van der Waals surface area contributed by atoms with Crippen molar-refractivity contribution in [3.63, 3.8) is 0 Å². The van der Waals surface area contributed by atoms with Crippen LogP contribution in [0, 0.1) is 5.92 Å². The highest BCUT2D eigenvalue weighted by Crippen LogP contribution is 2.26. The molecule has 19 heavy (non-hydrogen) atoms. The number of thioether (sulfide) groups is 1. The smallest absolute Gasteiger partial charge is 0.258 e. The third kappa shape index (κ3) is 3.64. The predicted molar refractivity (Wildman–Crippen MR) is 76.8 cm³/mol. The molecule has 1 aromatic carbocycles. The van der Waals surface area contributed by atoms with Gasteiger partial charge in [-0.15, -0.1) is 0 Å². The van der Waals surface area contributed by atoms with E-state index in [2.05, 4.69) is 24.0 Å². The quantitative estimate of drug-likeness (QED) is 0.646. The summed E-state index contributed by atoms with van der Waals surface area (Å²) in [7, 11) is 0. The Bertz CT molecular complexity index is 555. The van der Waals surface area contributed by atoms with E-state index in [4.69, 9.17) is 10.3 Å². The maximum absolute atomic E-state index is 9.37. The van der Waals surface area contributed by atoms with Crippen molar-refractivity contribution in [1.82, 2.24) is 10.1 Å². The maximum atomic E-state index is 9.37. The topological polar surface area (TPSA) is 85.2 Å². The van der Waals surface area contributed by atoms with E-state index in [0.717, 1.165) is 11.5 Å². The van der Waals surface area contributed by atoms with Crippen molar-refractivity contribution in [3.05, 3.63) is 24.0 Å². The zero-order valence-electron chi connectivity index (χ0n) is 11.0. The highest BCUT2D eigenvalue weighted by atomic mass is 32.2. The maximum Gasteiger partial charge on any atom is 0.258 e. The zero-order chi connectivity index (χ0) is 13.8. The van der Waals surface area contributed by atoms with Crippen molar-refractivity contribution in [1.29, 1.82) is 0 Å². The monoisotopic (exact) mass is 279 g/mol. The lowest BCUT2D eigenvalue weighted by Crippen LogP contribution is -1.92. The van der Waals surface area contributed by atoms with Crippen molar-refractivity contribution in [3.8, 4) is 17.2 Å². The van der Waals surface area contributed by atoms with Crippen LogP contribution >= 0.6 is 11.8 Å². The van der Waals surface area contributed by atoms with E-state index < -0.39 is 0 Å². The van der Waals surface area contributed by atoms with Crippen LogP contribution in [0.3, 0.4) is 0 Å². The summed E-state index contributed by atoms with van der Waals surface area (Å²) in [6.07, 6.45) is 0. The van der Waals surface area contributed by atoms with Gasteiger partial charge in [0, 0.05) is 5.56 Å². The summed E-state index contributed by atoms with van der Waals surface area (Å²) in [5.74, 6) is 3.59. The van der Waals surface area contributed by atoms with E-state index in [1.807, 2.05) is 0 Å². The first kappa shape index (κ1) is 13.7. The Morgan fingerprint density at radius 3 is 2.89 bits per heavy atom. The molecule has 0 fully saturated rings. The second-order valence-corrected chi connectivity index (χ2v) is 5.73. The molecule has 0 saturated heterocycles. The molecule has 5 nitrogen and oxygen atoms in total. The van der Waals surface area contributed by atoms with Gasteiger partial charge < -0.3 is 15.4 Å². The van der Waals surface area contributed by atoms with Crippen molar-refractivity contribution >= 4 is 17.4 Å². The number of nitrogens with two attached hydrogens (primary N) is 1. The number of benzene rings is 1. The standard InChI is InChI=1S/C13H17N3O2S/c1-8(2)6-19-7-12-15-13(18-16-12)9-3-4-11(17)10(14)5-9/h3-5,8,17H,6-7,14H2,1-2H3. The molecule has 0 amide bonds. The third-order valence-corrected chi connectivity index (χ3v) is 3.79. The number of hydrogen-bond acceptors (Lipinski definition) is 6. The fourth-order valence-corrected chi connectivity index (χ4v) is 2.39. The Morgan fingerprint density at radius 2 is 2.21 bits per heavy atom. The SMILES string of the molecule is CC(C)CSCc1noc(-c2ccc(O)c(N)c2)n1. The molecule has 0 atom stereocenters. The normalized spacial score (nSPS) is 11.1. The molecule has 0 bridgehead atoms. The number of nitrogens with zero attached hydrogens (tertiary/aromatic N) is 2. The first-order valence-corrected chi connectivity index (χ1v) is 7.21. The molecule has 2 aromatic rings. The van der Waals surface area contributed by atoms with Crippen LogP contribution in [0.1, 0.15) is 19.7 Å². The number of nitrogen functional groups attached to an aromatic ring is 1. The number of aromatic hydroxyl groups is 1. The molecule has 0 radical (unpaired) electrons. The van der Waals surface area contributed by atoms with Gasteiger partial charge in [0.2, 0.25) is 0 Å². The molecule has 2 rings (SSSR count). The molecule has 0 aliphatic carbocycles. The van der Waals surface area contributed by atoms with E-state index in [1.54, 1.807) is 23.9 Å². The molecule has 0 unspecified atom stereocenters. The second kappa shape index (κ2) is 5.97. The summed E-state index contributed by atoms with van der Waals surface area (Å²) >= 11 is 1.78. The highest BCUT2D eigenvalue weighted by Gasteiger charge is 2.10. The van der Waals surface area contributed by atoms with Gasteiger partial charge in [-0.3, -0.25) is 0 Å². The highest BCUT2D eigenvalue weighted by molar-refractivity contribution is 7.98. The average molecular weight is 279 g/mol. The molecule has 0 spiro atoms. The molecule has 0 aliphatic rings. The number of hydrogen-bond donors (Lipinski definition) is 2. The zero-order valence-corrected chi connectivity index (χ0v) is 11.8. The fourth-order valence-electron chi connectivity index (χ4n) is 1.50. The van der Waals surface area contributed by atoms with Gasteiger partial charge in [0.05, 0.1) is 11.4 Å². The number of aromatic nitrogens is 2. The Labute approximate surface area is 116 Å². The largest absolute Gasteiger partial charge is 0.506 e. The minimum Gasteiger partial charge on any atom is -0.506 e. The fraction of sp³-hybridized carbons (Fsp3) is 0.385. The Morgan fingerprint density at radius 1 is 1.42 bits per heavy atom. The van der Waals surface area contributed by atoms with Gasteiger partial charge in [0.15, 0.2) is 5.82 Å². The lowest BCUT2D eigenvalue weighted by molar-refractivity contribution is 0.425. The molecule has 0 saturated carbocycles. The van der Waals surface area contributed by atoms with Gasteiger partial charge in [-0.25, -0.2) is 0 Å². The summed E-state index contributed by atoms with van der Waals surface area (Å²) in [6.45, 7) is 4.35. The molecular weight excluding hydrogens is 262 g/mol. The van der Waals surface area contributed by atoms with Crippen LogP contribution in [0.15, 0.2) is 22.7 Å². The van der Waals surface area contributed by atoms with Crippen molar-refractivity contribution < 1.29 is 9.63 Å². The lowest BCUT2D eigenvalue weighted by atomic mass is 10.2. The van der Waals surface area contributed by atoms with Crippen LogP contribution in [0.4, 0.5) is 5.69 Å². The molecule has 1 heterocycles. The number of rotatable bonds is 5. The van der Waals surface area contributed by atoms with Crippen LogP contribution in [0.5, 0.6) is 5.75 Å².